The molecule has 0 aliphatic rings. The summed E-state index contributed by atoms with van der Waals surface area (Å²) in [6.07, 6.45) is 0.311. The number of carbonyl (C=O) groups excluding carboxylic acids is 2. The average Bonchev–Trinajstić information content (AvgIpc) is 1.83. The van der Waals surface area contributed by atoms with Crippen molar-refractivity contribution in [2.75, 3.05) is 0 Å². The van der Waals surface area contributed by atoms with Crippen LogP contribution in [0.3, 0.4) is 0 Å². The lowest BCUT2D eigenvalue weighted by atomic mass is 10.2. The molecule has 0 bridgehead atoms. The molecule has 2 amide bonds. The van der Waals surface area contributed by atoms with Crippen LogP contribution in [-0.2, 0) is 9.59 Å². The number of rotatable bonds is 3. The Morgan fingerprint density at radius 2 is 2.00 bits per heavy atom. The van der Waals surface area contributed by atoms with E-state index in [4.69, 9.17) is 5.73 Å². The first-order chi connectivity index (χ1) is 4.16. The summed E-state index contributed by atoms with van der Waals surface area (Å²) in [6.45, 7) is 0. The molecule has 9 heavy (non-hydrogen) atoms. The van der Waals surface area contributed by atoms with Gasteiger partial charge in [0.05, 0.1) is 0 Å². The van der Waals surface area contributed by atoms with E-state index < -0.39 is 5.91 Å². The molecule has 0 heterocycles. The lowest BCUT2D eigenvalue weighted by molar-refractivity contribution is -0.123. The van der Waals surface area contributed by atoms with Crippen molar-refractivity contribution in [3.63, 3.8) is 0 Å². The standard InChI is InChI=1S/C4H9BN2O2/c5-7-4(9)2-1-3(6)8/h1-2,5H2,(H2,6,8)(H,7,9). The minimum absolute atomic E-state index is 0.125. The molecule has 50 valence electrons. The van der Waals surface area contributed by atoms with Crippen LogP contribution in [0.1, 0.15) is 12.8 Å². The van der Waals surface area contributed by atoms with E-state index in [1.807, 2.05) is 0 Å². The fourth-order valence-electron chi connectivity index (χ4n) is 0.362. The molecule has 0 fully saturated rings. The highest BCUT2D eigenvalue weighted by atomic mass is 16.2. The van der Waals surface area contributed by atoms with Crippen LogP contribution in [0.5, 0.6) is 0 Å². The van der Waals surface area contributed by atoms with Crippen LogP contribution in [0.15, 0.2) is 0 Å². The number of amides is 2. The third-order valence-electron chi connectivity index (χ3n) is 0.877. The summed E-state index contributed by atoms with van der Waals surface area (Å²) < 4.78 is 0. The van der Waals surface area contributed by atoms with Crippen molar-refractivity contribution in [1.82, 2.24) is 5.23 Å². The first kappa shape index (κ1) is 8.00. The minimum Gasteiger partial charge on any atom is -0.406 e. The molecule has 4 nitrogen and oxygen atoms in total. The zero-order chi connectivity index (χ0) is 7.28. The Morgan fingerprint density at radius 3 is 2.33 bits per heavy atom. The molecule has 0 aromatic rings. The lowest BCUT2D eigenvalue weighted by Crippen LogP contribution is -2.22. The van der Waals surface area contributed by atoms with E-state index in [1.54, 1.807) is 0 Å². The van der Waals surface area contributed by atoms with Gasteiger partial charge in [-0.1, -0.05) is 0 Å². The minimum atomic E-state index is -0.446. The summed E-state index contributed by atoms with van der Waals surface area (Å²) in [5.41, 5.74) is 4.78. The summed E-state index contributed by atoms with van der Waals surface area (Å²) >= 11 is 0. The number of hydrogen-bond acceptors (Lipinski definition) is 2. The molecule has 0 aromatic heterocycles. The van der Waals surface area contributed by atoms with E-state index >= 15 is 0 Å². The van der Waals surface area contributed by atoms with Crippen LogP contribution < -0.4 is 11.0 Å². The number of hydrogen-bond donors (Lipinski definition) is 2. The fourth-order valence-corrected chi connectivity index (χ4v) is 0.362. The van der Waals surface area contributed by atoms with Crippen molar-refractivity contribution in [2.24, 2.45) is 5.73 Å². The second kappa shape index (κ2) is 3.94. The SMILES string of the molecule is BNC(=O)CCC(N)=O. The molecule has 0 aliphatic heterocycles. The topological polar surface area (TPSA) is 72.2 Å². The third-order valence-corrected chi connectivity index (χ3v) is 0.877. The molecular formula is C4H9BN2O2. The molecule has 3 N–H and O–H groups in total. The van der Waals surface area contributed by atoms with Gasteiger partial charge in [-0.25, -0.2) is 0 Å². The maximum absolute atomic E-state index is 10.4. The van der Waals surface area contributed by atoms with Gasteiger partial charge in [0.2, 0.25) is 19.8 Å². The van der Waals surface area contributed by atoms with Crippen LogP contribution >= 0.6 is 0 Å². The molecule has 0 aliphatic carbocycles. The molecule has 5 heteroatoms. The molecule has 0 saturated heterocycles. The van der Waals surface area contributed by atoms with Gasteiger partial charge in [-0.3, -0.25) is 9.59 Å². The van der Waals surface area contributed by atoms with Gasteiger partial charge < -0.3 is 11.0 Å². The Morgan fingerprint density at radius 1 is 1.44 bits per heavy atom. The second-order valence-electron chi connectivity index (χ2n) is 1.64. The molecule has 0 radical (unpaired) electrons. The molecule has 0 saturated carbocycles. The number of nitrogens with one attached hydrogen (secondary N) is 1. The fraction of sp³-hybridized carbons (Fsp3) is 0.500. The molecule has 0 atom stereocenters. The number of carbonyl (C=O) groups is 2. The zero-order valence-corrected chi connectivity index (χ0v) is 5.31. The van der Waals surface area contributed by atoms with E-state index in [9.17, 15) is 9.59 Å². The third kappa shape index (κ3) is 4.87. The van der Waals surface area contributed by atoms with Gasteiger partial charge in [0.25, 0.3) is 0 Å². The average molecular weight is 128 g/mol. The van der Waals surface area contributed by atoms with Gasteiger partial charge in [-0.05, 0) is 0 Å². The first-order valence-corrected chi connectivity index (χ1v) is 2.65. The summed E-state index contributed by atoms with van der Waals surface area (Å²) in [6, 6.07) is 0. The Kier molecular flexibility index (Phi) is 3.51. The highest BCUT2D eigenvalue weighted by Crippen LogP contribution is 1.84. The van der Waals surface area contributed by atoms with E-state index in [0.717, 1.165) is 0 Å². The Hall–Kier alpha value is -0.995. The Labute approximate surface area is 54.2 Å². The molecule has 0 aromatic carbocycles. The van der Waals surface area contributed by atoms with E-state index in [0.29, 0.717) is 0 Å². The number of primary amides is 1. The molecule has 0 spiro atoms. The summed E-state index contributed by atoms with van der Waals surface area (Å²) in [7, 11) is 1.52. The van der Waals surface area contributed by atoms with Crippen molar-refractivity contribution in [1.29, 1.82) is 0 Å². The second-order valence-corrected chi connectivity index (χ2v) is 1.64. The van der Waals surface area contributed by atoms with Gasteiger partial charge in [0, 0.05) is 12.8 Å². The van der Waals surface area contributed by atoms with E-state index in [-0.39, 0.29) is 18.7 Å². The summed E-state index contributed by atoms with van der Waals surface area (Å²) in [5.74, 6) is -0.604. The van der Waals surface area contributed by atoms with Gasteiger partial charge in [0.15, 0.2) is 0 Å². The van der Waals surface area contributed by atoms with E-state index in [1.165, 1.54) is 7.98 Å². The maximum atomic E-state index is 10.4. The van der Waals surface area contributed by atoms with Gasteiger partial charge in [-0.15, -0.1) is 0 Å². The molecule has 0 unspecified atom stereocenters. The first-order valence-electron chi connectivity index (χ1n) is 2.65. The summed E-state index contributed by atoms with van der Waals surface area (Å²) in [4.78, 5) is 20.5. The largest absolute Gasteiger partial charge is 0.406 e. The van der Waals surface area contributed by atoms with Crippen molar-refractivity contribution in [2.45, 2.75) is 12.8 Å². The van der Waals surface area contributed by atoms with Gasteiger partial charge in [0.1, 0.15) is 0 Å². The van der Waals surface area contributed by atoms with Crippen molar-refractivity contribution < 1.29 is 9.59 Å². The summed E-state index contributed by atoms with van der Waals surface area (Å²) in [5, 5.41) is 2.37. The predicted octanol–water partition coefficient (Wildman–Crippen LogP) is -2.08. The lowest BCUT2D eigenvalue weighted by Gasteiger charge is -1.94. The quantitative estimate of drug-likeness (QED) is 0.428. The monoisotopic (exact) mass is 128 g/mol. The normalized spacial score (nSPS) is 8.44. The van der Waals surface area contributed by atoms with Crippen LogP contribution in [0.25, 0.3) is 0 Å². The molecule has 0 rings (SSSR count). The molecular weight excluding hydrogens is 119 g/mol. The van der Waals surface area contributed by atoms with Crippen molar-refractivity contribution >= 4 is 19.8 Å². The van der Waals surface area contributed by atoms with Crippen LogP contribution in [0.4, 0.5) is 0 Å². The van der Waals surface area contributed by atoms with Crippen LogP contribution in [0, 0.1) is 0 Å². The van der Waals surface area contributed by atoms with Crippen molar-refractivity contribution in [3.05, 3.63) is 0 Å². The highest BCUT2D eigenvalue weighted by molar-refractivity contribution is 6.14. The van der Waals surface area contributed by atoms with E-state index in [2.05, 4.69) is 5.23 Å². The van der Waals surface area contributed by atoms with Crippen LogP contribution in [-0.4, -0.2) is 19.8 Å². The highest BCUT2D eigenvalue weighted by Gasteiger charge is 1.99. The number of nitrogens with two attached hydrogens (primary N) is 1. The smallest absolute Gasteiger partial charge is 0.217 e. The van der Waals surface area contributed by atoms with Gasteiger partial charge >= 0.3 is 0 Å². The Balaban J connectivity index is 3.28. The predicted molar refractivity (Wildman–Crippen MR) is 35.1 cm³/mol. The Bertz CT molecular complexity index is 126. The van der Waals surface area contributed by atoms with Crippen molar-refractivity contribution in [3.8, 4) is 0 Å². The van der Waals surface area contributed by atoms with Gasteiger partial charge in [-0.2, -0.15) is 0 Å². The maximum Gasteiger partial charge on any atom is 0.217 e. The van der Waals surface area contributed by atoms with Crippen LogP contribution in [0.2, 0.25) is 0 Å². The zero-order valence-electron chi connectivity index (χ0n) is 5.31.